The van der Waals surface area contributed by atoms with Gasteiger partial charge in [-0.25, -0.2) is 0 Å². The van der Waals surface area contributed by atoms with Crippen molar-refractivity contribution >= 4 is 44.4 Å². The summed E-state index contributed by atoms with van der Waals surface area (Å²) in [4.78, 5) is 0. The number of rotatable bonds is 4. The number of benzene rings is 6. The highest BCUT2D eigenvalue weighted by Gasteiger charge is 2.27. The van der Waals surface area contributed by atoms with Crippen LogP contribution in [-0.2, 0) is 0 Å². The Morgan fingerprint density at radius 2 is 1.02 bits per heavy atom. The highest BCUT2D eigenvalue weighted by Crippen LogP contribution is 2.45. The highest BCUT2D eigenvalue weighted by molar-refractivity contribution is 6.10. The topological polar surface area (TPSA) is 9.86 Å². The second-order valence-corrected chi connectivity index (χ2v) is 12.3. The lowest BCUT2D eigenvalue weighted by Gasteiger charge is -2.24. The minimum atomic E-state index is 0.363. The lowest BCUT2D eigenvalue weighted by Crippen LogP contribution is -2.09. The van der Waals surface area contributed by atoms with Crippen molar-refractivity contribution in [2.75, 3.05) is 0 Å². The van der Waals surface area contributed by atoms with Crippen LogP contribution in [-0.4, -0.2) is 9.13 Å². The molecule has 2 heterocycles. The quantitative estimate of drug-likeness (QED) is 0.197. The van der Waals surface area contributed by atoms with Gasteiger partial charge >= 0.3 is 0 Å². The first-order valence-corrected chi connectivity index (χ1v) is 15.8. The lowest BCUT2D eigenvalue weighted by molar-refractivity contribution is 0.733. The molecule has 1 aliphatic rings. The van der Waals surface area contributed by atoms with Crippen molar-refractivity contribution in [1.82, 2.24) is 9.13 Å². The predicted molar refractivity (Wildman–Crippen MR) is 190 cm³/mol. The molecule has 1 atom stereocenters. The number of aromatic nitrogens is 2. The average Bonchev–Trinajstić information content (AvgIpc) is 3.62. The maximum atomic E-state index is 2.49. The van der Waals surface area contributed by atoms with Crippen LogP contribution in [0.4, 0.5) is 0 Å². The summed E-state index contributed by atoms with van der Waals surface area (Å²) in [6.07, 6.45) is 3.46. The minimum Gasteiger partial charge on any atom is -0.313 e. The average molecular weight is 577 g/mol. The Labute approximate surface area is 263 Å². The summed E-state index contributed by atoms with van der Waals surface area (Å²) in [6, 6.07) is 55.1. The van der Waals surface area contributed by atoms with Crippen molar-refractivity contribution in [2.24, 2.45) is 0 Å². The van der Waals surface area contributed by atoms with Gasteiger partial charge in [-0.15, -0.1) is 0 Å². The first kappa shape index (κ1) is 25.9. The molecule has 0 spiro atoms. The van der Waals surface area contributed by atoms with E-state index in [1.165, 1.54) is 77.6 Å². The van der Waals surface area contributed by atoms with Crippen molar-refractivity contribution in [3.05, 3.63) is 168 Å². The van der Waals surface area contributed by atoms with E-state index in [0.29, 0.717) is 5.92 Å². The molecule has 0 aliphatic heterocycles. The molecule has 0 amide bonds. The van der Waals surface area contributed by atoms with E-state index in [0.717, 1.165) is 6.42 Å². The van der Waals surface area contributed by atoms with E-state index in [4.69, 9.17) is 0 Å². The molecular formula is C43H32N2. The van der Waals surface area contributed by atoms with Crippen molar-refractivity contribution in [2.45, 2.75) is 19.3 Å². The van der Waals surface area contributed by atoms with Gasteiger partial charge in [-0.1, -0.05) is 110 Å². The van der Waals surface area contributed by atoms with Gasteiger partial charge in [-0.2, -0.15) is 0 Å². The second-order valence-electron chi connectivity index (χ2n) is 12.3. The zero-order valence-electron chi connectivity index (χ0n) is 25.2. The predicted octanol–water partition coefficient (Wildman–Crippen LogP) is 11.4. The van der Waals surface area contributed by atoms with Crippen LogP contribution in [0, 0.1) is 0 Å². The van der Waals surface area contributed by atoms with Crippen LogP contribution in [0.25, 0.3) is 66.9 Å². The molecule has 0 N–H and O–H groups in total. The molecule has 214 valence electrons. The van der Waals surface area contributed by atoms with Crippen molar-refractivity contribution < 1.29 is 0 Å². The Kier molecular flexibility index (Phi) is 5.89. The lowest BCUT2D eigenvalue weighted by atomic mass is 9.84. The summed E-state index contributed by atoms with van der Waals surface area (Å²) in [6.45, 7) is 2.39. The number of hydrogen-bond donors (Lipinski definition) is 0. The molecule has 6 aromatic carbocycles. The van der Waals surface area contributed by atoms with Gasteiger partial charge in [-0.3, -0.25) is 0 Å². The maximum Gasteiger partial charge on any atom is 0.0541 e. The fraction of sp³-hybridized carbons (Fsp3) is 0.0698. The fourth-order valence-electron chi connectivity index (χ4n) is 7.52. The Morgan fingerprint density at radius 1 is 0.467 bits per heavy atom. The van der Waals surface area contributed by atoms with Gasteiger partial charge in [0.2, 0.25) is 0 Å². The standard InChI is InChI=1S/C43H32N2/c1-29-26-33(32-22-25-42-38(27-32)36-16-8-10-18-40(36)44(42)34-14-6-3-7-15-34)28-39-37-17-9-11-19-41(37)45(43(29)39)35-23-20-31(21-24-35)30-12-4-2-5-13-30/h2-25,27-29H,26H2,1H3. The molecule has 0 radical (unpaired) electrons. The molecule has 45 heavy (non-hydrogen) atoms. The van der Waals surface area contributed by atoms with Crippen molar-refractivity contribution in [1.29, 1.82) is 0 Å². The molecule has 2 heteroatoms. The molecule has 0 saturated carbocycles. The van der Waals surface area contributed by atoms with Gasteiger partial charge in [-0.05, 0) is 83.3 Å². The zero-order chi connectivity index (χ0) is 29.9. The zero-order valence-corrected chi connectivity index (χ0v) is 25.2. The van der Waals surface area contributed by atoms with E-state index in [9.17, 15) is 0 Å². The number of allylic oxidation sites excluding steroid dienone is 1. The maximum absolute atomic E-state index is 2.49. The third kappa shape index (κ3) is 4.10. The molecule has 8 aromatic rings. The minimum absolute atomic E-state index is 0.363. The van der Waals surface area contributed by atoms with Crippen LogP contribution >= 0.6 is 0 Å². The first-order chi connectivity index (χ1) is 22.2. The third-order valence-electron chi connectivity index (χ3n) is 9.55. The molecule has 2 nitrogen and oxygen atoms in total. The molecule has 1 aliphatic carbocycles. The smallest absolute Gasteiger partial charge is 0.0541 e. The van der Waals surface area contributed by atoms with E-state index in [2.05, 4.69) is 174 Å². The van der Waals surface area contributed by atoms with Crippen LogP contribution in [0.3, 0.4) is 0 Å². The van der Waals surface area contributed by atoms with Gasteiger partial charge in [0, 0.05) is 44.7 Å². The van der Waals surface area contributed by atoms with E-state index in [-0.39, 0.29) is 0 Å². The monoisotopic (exact) mass is 576 g/mol. The van der Waals surface area contributed by atoms with E-state index < -0.39 is 0 Å². The summed E-state index contributed by atoms with van der Waals surface area (Å²) in [7, 11) is 0. The van der Waals surface area contributed by atoms with Gasteiger partial charge in [0.25, 0.3) is 0 Å². The Hall–Kier alpha value is -5.60. The molecule has 2 aromatic heterocycles. The van der Waals surface area contributed by atoms with E-state index in [1.807, 2.05) is 0 Å². The highest BCUT2D eigenvalue weighted by atomic mass is 15.0. The molecule has 0 saturated heterocycles. The third-order valence-corrected chi connectivity index (χ3v) is 9.55. The first-order valence-electron chi connectivity index (χ1n) is 15.8. The van der Waals surface area contributed by atoms with Crippen molar-refractivity contribution in [3.8, 4) is 22.5 Å². The van der Waals surface area contributed by atoms with E-state index >= 15 is 0 Å². The number of para-hydroxylation sites is 3. The van der Waals surface area contributed by atoms with Crippen LogP contribution in [0.15, 0.2) is 152 Å². The van der Waals surface area contributed by atoms with Crippen LogP contribution in [0.2, 0.25) is 0 Å². The number of hydrogen-bond acceptors (Lipinski definition) is 0. The Morgan fingerprint density at radius 3 is 1.78 bits per heavy atom. The van der Waals surface area contributed by atoms with Gasteiger partial charge in [0.1, 0.15) is 0 Å². The Balaban J connectivity index is 1.19. The molecular weight excluding hydrogens is 544 g/mol. The van der Waals surface area contributed by atoms with Gasteiger partial charge < -0.3 is 9.13 Å². The largest absolute Gasteiger partial charge is 0.313 e. The second kappa shape index (κ2) is 10.2. The van der Waals surface area contributed by atoms with Crippen molar-refractivity contribution in [3.63, 3.8) is 0 Å². The normalized spacial score (nSPS) is 14.6. The van der Waals surface area contributed by atoms with Gasteiger partial charge in [0.05, 0.1) is 16.6 Å². The summed E-state index contributed by atoms with van der Waals surface area (Å²) in [5.74, 6) is 0.363. The molecule has 0 fully saturated rings. The summed E-state index contributed by atoms with van der Waals surface area (Å²) in [5.41, 5.74) is 14.1. The summed E-state index contributed by atoms with van der Waals surface area (Å²) >= 11 is 0. The van der Waals surface area contributed by atoms with Crippen LogP contribution in [0.1, 0.15) is 36.1 Å². The van der Waals surface area contributed by atoms with Crippen LogP contribution in [0.5, 0.6) is 0 Å². The summed E-state index contributed by atoms with van der Waals surface area (Å²) < 4.78 is 4.88. The molecule has 1 unspecified atom stereocenters. The number of nitrogens with zero attached hydrogens (tertiary/aromatic N) is 2. The number of fused-ring (bicyclic) bond motifs is 6. The SMILES string of the molecule is CC1CC(c2ccc3c(c2)c2ccccc2n3-c2ccccc2)=Cc2c1n(-c1ccc(-c3ccccc3)cc1)c1ccccc21. The Bertz CT molecular complexity index is 2390. The fourth-order valence-corrected chi connectivity index (χ4v) is 7.52. The van der Waals surface area contributed by atoms with Crippen LogP contribution < -0.4 is 0 Å². The summed E-state index contributed by atoms with van der Waals surface area (Å²) in [5, 5.41) is 3.90. The molecule has 0 bridgehead atoms. The molecule has 9 rings (SSSR count). The van der Waals surface area contributed by atoms with Gasteiger partial charge in [0.15, 0.2) is 0 Å². The van der Waals surface area contributed by atoms with E-state index in [1.54, 1.807) is 0 Å².